The average molecular weight is 315 g/mol. The van der Waals surface area contributed by atoms with Crippen molar-refractivity contribution in [1.29, 1.82) is 0 Å². The van der Waals surface area contributed by atoms with Crippen LogP contribution in [0.1, 0.15) is 26.2 Å². The lowest BCUT2D eigenvalue weighted by Crippen LogP contribution is -2.30. The number of amides is 3. The van der Waals surface area contributed by atoms with E-state index in [9.17, 15) is 14.4 Å². The van der Waals surface area contributed by atoms with Crippen molar-refractivity contribution in [2.45, 2.75) is 26.2 Å². The highest BCUT2D eigenvalue weighted by molar-refractivity contribution is 5.99. The smallest absolute Gasteiger partial charge is 0.228 e. The Kier molecular flexibility index (Phi) is 4.32. The normalized spacial score (nSPS) is 22.6. The quantitative estimate of drug-likeness (QED) is 0.890. The topological polar surface area (TPSA) is 78.5 Å². The standard InChI is InChI=1S/C17H21N3O3/c1-11(21)18-12-4-6-13(7-5-12)19-16(22)14-10-15(14)17(23)20-8-2-3-9-20/h4-7,14-15H,2-3,8-10H2,1H3,(H,18,21)(H,19,22). The van der Waals surface area contributed by atoms with Crippen molar-refractivity contribution < 1.29 is 14.4 Å². The summed E-state index contributed by atoms with van der Waals surface area (Å²) in [5.74, 6) is -0.466. The van der Waals surface area contributed by atoms with E-state index in [-0.39, 0.29) is 29.6 Å². The molecule has 0 radical (unpaired) electrons. The minimum Gasteiger partial charge on any atom is -0.342 e. The van der Waals surface area contributed by atoms with Crippen LogP contribution >= 0.6 is 0 Å². The highest BCUT2D eigenvalue weighted by Crippen LogP contribution is 2.41. The molecule has 1 aromatic rings. The fourth-order valence-electron chi connectivity index (χ4n) is 3.00. The summed E-state index contributed by atoms with van der Waals surface area (Å²) in [5, 5.41) is 5.51. The van der Waals surface area contributed by atoms with Crippen LogP contribution in [0.2, 0.25) is 0 Å². The molecule has 1 aromatic carbocycles. The first-order valence-electron chi connectivity index (χ1n) is 8.02. The molecule has 2 N–H and O–H groups in total. The van der Waals surface area contributed by atoms with Crippen molar-refractivity contribution in [2.75, 3.05) is 23.7 Å². The van der Waals surface area contributed by atoms with Gasteiger partial charge in [0.05, 0.1) is 11.8 Å². The minimum atomic E-state index is -0.210. The monoisotopic (exact) mass is 315 g/mol. The lowest BCUT2D eigenvalue weighted by Gasteiger charge is -2.14. The fraction of sp³-hybridized carbons (Fsp3) is 0.471. The number of likely N-dealkylation sites (tertiary alicyclic amines) is 1. The summed E-state index contributed by atoms with van der Waals surface area (Å²) >= 11 is 0. The number of rotatable bonds is 4. The van der Waals surface area contributed by atoms with Gasteiger partial charge in [0.15, 0.2) is 0 Å². The van der Waals surface area contributed by atoms with Crippen molar-refractivity contribution in [1.82, 2.24) is 4.90 Å². The van der Waals surface area contributed by atoms with Gasteiger partial charge in [0.25, 0.3) is 0 Å². The maximum atomic E-state index is 12.2. The molecule has 0 aromatic heterocycles. The van der Waals surface area contributed by atoms with Crippen LogP contribution in [0.25, 0.3) is 0 Å². The second-order valence-corrected chi connectivity index (χ2v) is 6.23. The van der Waals surface area contributed by atoms with E-state index in [0.29, 0.717) is 17.8 Å². The Morgan fingerprint density at radius 3 is 2.09 bits per heavy atom. The van der Waals surface area contributed by atoms with E-state index in [1.807, 2.05) is 4.90 Å². The average Bonchev–Trinajstić information content (AvgIpc) is 3.13. The van der Waals surface area contributed by atoms with Crippen LogP contribution in [0.3, 0.4) is 0 Å². The molecule has 1 aliphatic heterocycles. The van der Waals surface area contributed by atoms with Gasteiger partial charge in [-0.05, 0) is 43.5 Å². The van der Waals surface area contributed by atoms with Crippen LogP contribution < -0.4 is 10.6 Å². The Balaban J connectivity index is 1.52. The molecule has 1 saturated carbocycles. The number of carbonyl (C=O) groups is 3. The Morgan fingerprint density at radius 1 is 0.957 bits per heavy atom. The lowest BCUT2D eigenvalue weighted by molar-refractivity contribution is -0.133. The highest BCUT2D eigenvalue weighted by Gasteiger charge is 2.49. The Morgan fingerprint density at radius 2 is 1.52 bits per heavy atom. The van der Waals surface area contributed by atoms with Gasteiger partial charge in [-0.15, -0.1) is 0 Å². The molecule has 6 nitrogen and oxygen atoms in total. The zero-order valence-corrected chi connectivity index (χ0v) is 13.2. The largest absolute Gasteiger partial charge is 0.342 e. The molecule has 2 aliphatic rings. The Labute approximate surface area is 135 Å². The van der Waals surface area contributed by atoms with E-state index in [4.69, 9.17) is 0 Å². The van der Waals surface area contributed by atoms with Crippen molar-refractivity contribution in [3.63, 3.8) is 0 Å². The maximum Gasteiger partial charge on any atom is 0.228 e. The van der Waals surface area contributed by atoms with E-state index in [1.54, 1.807) is 24.3 Å². The van der Waals surface area contributed by atoms with Crippen LogP contribution in [0.5, 0.6) is 0 Å². The molecular weight excluding hydrogens is 294 g/mol. The number of anilines is 2. The van der Waals surface area contributed by atoms with E-state index < -0.39 is 0 Å². The van der Waals surface area contributed by atoms with Gasteiger partial charge in [0.2, 0.25) is 17.7 Å². The van der Waals surface area contributed by atoms with Gasteiger partial charge in [-0.1, -0.05) is 0 Å². The third kappa shape index (κ3) is 3.70. The molecule has 2 fully saturated rings. The first-order valence-corrected chi connectivity index (χ1v) is 8.02. The molecule has 2 unspecified atom stereocenters. The van der Waals surface area contributed by atoms with E-state index >= 15 is 0 Å². The SMILES string of the molecule is CC(=O)Nc1ccc(NC(=O)C2CC2C(=O)N2CCCC2)cc1. The van der Waals surface area contributed by atoms with Crippen LogP contribution in [-0.4, -0.2) is 35.7 Å². The minimum absolute atomic E-state index is 0.102. The first kappa shape index (κ1) is 15.5. The summed E-state index contributed by atoms with van der Waals surface area (Å²) in [6.45, 7) is 3.10. The molecule has 3 rings (SSSR count). The summed E-state index contributed by atoms with van der Waals surface area (Å²) < 4.78 is 0. The maximum absolute atomic E-state index is 12.2. The lowest BCUT2D eigenvalue weighted by atomic mass is 10.2. The summed E-state index contributed by atoms with van der Waals surface area (Å²) in [6.07, 6.45) is 2.77. The van der Waals surface area contributed by atoms with Gasteiger partial charge in [-0.2, -0.15) is 0 Å². The molecule has 1 saturated heterocycles. The Bertz CT molecular complexity index is 620. The summed E-state index contributed by atoms with van der Waals surface area (Å²) in [7, 11) is 0. The first-order chi connectivity index (χ1) is 11.0. The van der Waals surface area contributed by atoms with Gasteiger partial charge < -0.3 is 15.5 Å². The van der Waals surface area contributed by atoms with Crippen LogP contribution in [0.4, 0.5) is 11.4 Å². The highest BCUT2D eigenvalue weighted by atomic mass is 16.2. The second kappa shape index (κ2) is 6.40. The number of nitrogens with one attached hydrogen (secondary N) is 2. The van der Waals surface area contributed by atoms with Crippen molar-refractivity contribution in [2.24, 2.45) is 11.8 Å². The number of carbonyl (C=O) groups excluding carboxylic acids is 3. The van der Waals surface area contributed by atoms with Crippen LogP contribution in [0, 0.1) is 11.8 Å². The van der Waals surface area contributed by atoms with E-state index in [2.05, 4.69) is 10.6 Å². The van der Waals surface area contributed by atoms with Gasteiger partial charge >= 0.3 is 0 Å². The van der Waals surface area contributed by atoms with Crippen molar-refractivity contribution >= 4 is 29.1 Å². The summed E-state index contributed by atoms with van der Waals surface area (Å²) in [4.78, 5) is 37.3. The summed E-state index contributed by atoms with van der Waals surface area (Å²) in [6, 6.07) is 6.94. The predicted octanol–water partition coefficient (Wildman–Crippen LogP) is 1.84. The number of benzene rings is 1. The van der Waals surface area contributed by atoms with Gasteiger partial charge in [0.1, 0.15) is 0 Å². The van der Waals surface area contributed by atoms with Crippen molar-refractivity contribution in [3.8, 4) is 0 Å². The zero-order chi connectivity index (χ0) is 16.4. The predicted molar refractivity (Wildman–Crippen MR) is 86.8 cm³/mol. The fourth-order valence-corrected chi connectivity index (χ4v) is 3.00. The third-order valence-corrected chi connectivity index (χ3v) is 4.33. The van der Waals surface area contributed by atoms with Gasteiger partial charge in [-0.25, -0.2) is 0 Å². The van der Waals surface area contributed by atoms with Crippen LogP contribution in [0.15, 0.2) is 24.3 Å². The summed E-state index contributed by atoms with van der Waals surface area (Å²) in [5.41, 5.74) is 1.35. The molecular formula is C17H21N3O3. The molecule has 0 spiro atoms. The molecule has 0 bridgehead atoms. The molecule has 2 atom stereocenters. The van der Waals surface area contributed by atoms with Gasteiger partial charge in [-0.3, -0.25) is 14.4 Å². The number of hydrogen-bond acceptors (Lipinski definition) is 3. The molecule has 1 heterocycles. The second-order valence-electron chi connectivity index (χ2n) is 6.23. The zero-order valence-electron chi connectivity index (χ0n) is 13.2. The molecule has 23 heavy (non-hydrogen) atoms. The Hall–Kier alpha value is -2.37. The van der Waals surface area contributed by atoms with Gasteiger partial charge in [0, 0.05) is 31.4 Å². The number of nitrogens with zero attached hydrogens (tertiary/aromatic N) is 1. The molecule has 122 valence electrons. The third-order valence-electron chi connectivity index (χ3n) is 4.33. The molecule has 1 aliphatic carbocycles. The van der Waals surface area contributed by atoms with E-state index in [1.165, 1.54) is 6.92 Å². The molecule has 3 amide bonds. The number of hydrogen-bond donors (Lipinski definition) is 2. The van der Waals surface area contributed by atoms with E-state index in [0.717, 1.165) is 25.9 Å². The molecule has 6 heteroatoms. The van der Waals surface area contributed by atoms with Crippen LogP contribution in [-0.2, 0) is 14.4 Å². The van der Waals surface area contributed by atoms with Crippen molar-refractivity contribution in [3.05, 3.63) is 24.3 Å².